The van der Waals surface area contributed by atoms with Gasteiger partial charge >= 0.3 is 0 Å². The van der Waals surface area contributed by atoms with Crippen LogP contribution in [0, 0.1) is 0 Å². The van der Waals surface area contributed by atoms with Gasteiger partial charge in [-0.25, -0.2) is 0 Å². The zero-order chi connectivity index (χ0) is 6.41. The molecule has 0 aliphatic carbocycles. The lowest BCUT2D eigenvalue weighted by Gasteiger charge is -2.02. The molecular formula is C6H10O2. The lowest BCUT2D eigenvalue weighted by molar-refractivity contribution is 0.0790. The third-order valence-corrected chi connectivity index (χ3v) is 0.590. The first-order chi connectivity index (χ1) is 3.81. The van der Waals surface area contributed by atoms with Crippen molar-refractivity contribution >= 4 is 0 Å². The van der Waals surface area contributed by atoms with Gasteiger partial charge in [0.2, 0.25) is 0 Å². The lowest BCUT2D eigenvalue weighted by Crippen LogP contribution is -1.91. The zero-order valence-electron chi connectivity index (χ0n) is 5.02. The minimum Gasteiger partial charge on any atom is -0.469 e. The summed E-state index contributed by atoms with van der Waals surface area (Å²) < 4.78 is 9.39. The minimum absolute atomic E-state index is 0.324. The van der Waals surface area contributed by atoms with Gasteiger partial charge in [0.05, 0.1) is 7.11 Å². The van der Waals surface area contributed by atoms with Crippen LogP contribution in [0.2, 0.25) is 0 Å². The average Bonchev–Trinajstić information content (AvgIpc) is 1.83. The Kier molecular flexibility index (Phi) is 3.76. The van der Waals surface area contributed by atoms with Crippen molar-refractivity contribution < 1.29 is 9.47 Å². The van der Waals surface area contributed by atoms with Crippen molar-refractivity contribution in [3.8, 4) is 0 Å². The average molecular weight is 114 g/mol. The summed E-state index contributed by atoms with van der Waals surface area (Å²) in [6.07, 6.45) is 1.63. The molecule has 0 aromatic heterocycles. The first-order valence-corrected chi connectivity index (χ1v) is 2.28. The Morgan fingerprint density at radius 3 is 2.75 bits per heavy atom. The number of rotatable bonds is 4. The molecule has 0 fully saturated rings. The predicted octanol–water partition coefficient (Wildman–Crippen LogP) is 1.31. The van der Waals surface area contributed by atoms with Crippen molar-refractivity contribution in [1.82, 2.24) is 0 Å². The fraction of sp³-hybridized carbons (Fsp3) is 0.333. The van der Waals surface area contributed by atoms with E-state index in [1.807, 2.05) is 0 Å². The molecule has 2 nitrogen and oxygen atoms in total. The van der Waals surface area contributed by atoms with Crippen molar-refractivity contribution in [3.05, 3.63) is 25.2 Å². The molecule has 0 rings (SSSR count). The van der Waals surface area contributed by atoms with Gasteiger partial charge in [-0.05, 0) is 6.58 Å². The van der Waals surface area contributed by atoms with Gasteiger partial charge in [0.15, 0.2) is 0 Å². The Balaban J connectivity index is 3.11. The molecule has 46 valence electrons. The van der Waals surface area contributed by atoms with Crippen LogP contribution in [0.5, 0.6) is 0 Å². The molecule has 0 aromatic rings. The maximum Gasteiger partial charge on any atom is 0.271 e. The van der Waals surface area contributed by atoms with Gasteiger partial charge in [-0.15, -0.1) is 0 Å². The van der Waals surface area contributed by atoms with Crippen LogP contribution in [0.3, 0.4) is 0 Å². The van der Waals surface area contributed by atoms with Gasteiger partial charge in [-0.3, -0.25) is 0 Å². The Bertz CT molecular complexity index is 86.5. The van der Waals surface area contributed by atoms with Crippen molar-refractivity contribution in [2.24, 2.45) is 0 Å². The molecule has 2 heteroatoms. The van der Waals surface area contributed by atoms with Crippen molar-refractivity contribution in [3.63, 3.8) is 0 Å². The van der Waals surface area contributed by atoms with E-state index in [2.05, 4.69) is 17.9 Å². The second-order valence-electron chi connectivity index (χ2n) is 1.18. The SMILES string of the molecule is C=CCOC(=C)OC. The van der Waals surface area contributed by atoms with Gasteiger partial charge in [0.25, 0.3) is 5.95 Å². The van der Waals surface area contributed by atoms with Crippen LogP contribution in [0.4, 0.5) is 0 Å². The number of ether oxygens (including phenoxy) is 2. The van der Waals surface area contributed by atoms with E-state index in [0.29, 0.717) is 12.6 Å². The van der Waals surface area contributed by atoms with Crippen LogP contribution in [0.1, 0.15) is 0 Å². The van der Waals surface area contributed by atoms with E-state index >= 15 is 0 Å². The van der Waals surface area contributed by atoms with E-state index in [-0.39, 0.29) is 0 Å². The molecule has 0 aliphatic heterocycles. The van der Waals surface area contributed by atoms with Gasteiger partial charge < -0.3 is 9.47 Å². The topological polar surface area (TPSA) is 18.5 Å². The summed E-state index contributed by atoms with van der Waals surface area (Å²) in [5.41, 5.74) is 0. The Morgan fingerprint density at radius 2 is 2.38 bits per heavy atom. The summed E-state index contributed by atoms with van der Waals surface area (Å²) in [6.45, 7) is 7.31. The minimum atomic E-state index is 0.324. The molecule has 0 amide bonds. The first kappa shape index (κ1) is 7.08. The van der Waals surface area contributed by atoms with Crippen LogP contribution in [0.15, 0.2) is 25.2 Å². The van der Waals surface area contributed by atoms with Crippen molar-refractivity contribution in [1.29, 1.82) is 0 Å². The first-order valence-electron chi connectivity index (χ1n) is 2.28. The van der Waals surface area contributed by atoms with E-state index in [9.17, 15) is 0 Å². The maximum absolute atomic E-state index is 4.81. The van der Waals surface area contributed by atoms with Crippen molar-refractivity contribution in [2.45, 2.75) is 0 Å². The molecule has 0 atom stereocenters. The zero-order valence-corrected chi connectivity index (χ0v) is 5.02. The number of methoxy groups -OCH3 is 1. The molecule has 0 saturated carbocycles. The summed E-state index contributed by atoms with van der Waals surface area (Å²) >= 11 is 0. The quantitative estimate of drug-likeness (QED) is 0.405. The molecule has 0 aliphatic rings. The summed E-state index contributed by atoms with van der Waals surface area (Å²) in [7, 11) is 1.51. The van der Waals surface area contributed by atoms with Crippen LogP contribution in [-0.2, 0) is 9.47 Å². The van der Waals surface area contributed by atoms with Gasteiger partial charge in [0, 0.05) is 0 Å². The fourth-order valence-corrected chi connectivity index (χ4v) is 0.211. The van der Waals surface area contributed by atoms with Crippen LogP contribution in [-0.4, -0.2) is 13.7 Å². The molecule has 0 N–H and O–H groups in total. The largest absolute Gasteiger partial charge is 0.469 e. The van der Waals surface area contributed by atoms with E-state index in [0.717, 1.165) is 0 Å². The second kappa shape index (κ2) is 4.24. The smallest absolute Gasteiger partial charge is 0.271 e. The second-order valence-corrected chi connectivity index (χ2v) is 1.18. The third kappa shape index (κ3) is 3.28. The molecule has 8 heavy (non-hydrogen) atoms. The molecule has 0 aromatic carbocycles. The molecule has 0 saturated heterocycles. The van der Waals surface area contributed by atoms with Crippen LogP contribution >= 0.6 is 0 Å². The summed E-state index contributed by atoms with van der Waals surface area (Å²) in [5, 5.41) is 0. The predicted molar refractivity (Wildman–Crippen MR) is 32.3 cm³/mol. The van der Waals surface area contributed by atoms with Crippen LogP contribution in [0.25, 0.3) is 0 Å². The van der Waals surface area contributed by atoms with Crippen molar-refractivity contribution in [2.75, 3.05) is 13.7 Å². The highest BCUT2D eigenvalue weighted by atomic mass is 16.7. The highest BCUT2D eigenvalue weighted by Gasteiger charge is 1.84. The Hall–Kier alpha value is -0.920. The normalized spacial score (nSPS) is 7.62. The highest BCUT2D eigenvalue weighted by molar-refractivity contribution is 4.72. The molecular weight excluding hydrogens is 104 g/mol. The maximum atomic E-state index is 4.81. The third-order valence-electron chi connectivity index (χ3n) is 0.590. The monoisotopic (exact) mass is 114 g/mol. The summed E-state index contributed by atoms with van der Waals surface area (Å²) in [5.74, 6) is 0.324. The lowest BCUT2D eigenvalue weighted by atomic mass is 10.7. The molecule has 0 radical (unpaired) electrons. The molecule has 0 unspecified atom stereocenters. The number of hydrogen-bond acceptors (Lipinski definition) is 2. The van der Waals surface area contributed by atoms with Gasteiger partial charge in [0.1, 0.15) is 6.61 Å². The Morgan fingerprint density at radius 1 is 1.75 bits per heavy atom. The highest BCUT2D eigenvalue weighted by Crippen LogP contribution is 1.90. The summed E-state index contributed by atoms with van der Waals surface area (Å²) in [4.78, 5) is 0. The van der Waals surface area contributed by atoms with E-state index < -0.39 is 0 Å². The summed E-state index contributed by atoms with van der Waals surface area (Å²) in [6, 6.07) is 0. The molecule has 0 heterocycles. The van der Waals surface area contributed by atoms with E-state index in [1.165, 1.54) is 7.11 Å². The number of hydrogen-bond donors (Lipinski definition) is 0. The van der Waals surface area contributed by atoms with Gasteiger partial charge in [-0.2, -0.15) is 0 Å². The Labute approximate surface area is 49.4 Å². The van der Waals surface area contributed by atoms with E-state index in [4.69, 9.17) is 4.74 Å². The standard InChI is InChI=1S/C6H10O2/c1-4-5-8-6(2)7-3/h4H,1-2,5H2,3H3. The molecule has 0 spiro atoms. The molecule has 0 bridgehead atoms. The van der Waals surface area contributed by atoms with Gasteiger partial charge in [-0.1, -0.05) is 12.7 Å². The fourth-order valence-electron chi connectivity index (χ4n) is 0.211. The van der Waals surface area contributed by atoms with Crippen LogP contribution < -0.4 is 0 Å². The van der Waals surface area contributed by atoms with E-state index in [1.54, 1.807) is 6.08 Å².